The highest BCUT2D eigenvalue weighted by Crippen LogP contribution is 2.29. The van der Waals surface area contributed by atoms with Gasteiger partial charge in [0, 0.05) is 32.2 Å². The molecule has 0 bridgehead atoms. The van der Waals surface area contributed by atoms with E-state index in [2.05, 4.69) is 0 Å². The SMILES string of the molecule is O=C(c1ccc(O)c(F)c1F)N1CC(CO)C(CCO)C1. The highest BCUT2D eigenvalue weighted by molar-refractivity contribution is 5.94. The molecule has 2 rings (SSSR count). The summed E-state index contributed by atoms with van der Waals surface area (Å²) in [6.07, 6.45) is 0.432. The van der Waals surface area contributed by atoms with Crippen LogP contribution in [0.25, 0.3) is 0 Å². The quantitative estimate of drug-likeness (QED) is 0.766. The van der Waals surface area contributed by atoms with Crippen LogP contribution in [0.3, 0.4) is 0 Å². The second-order valence-corrected chi connectivity index (χ2v) is 5.19. The lowest BCUT2D eigenvalue weighted by molar-refractivity contribution is 0.0773. The Morgan fingerprint density at radius 1 is 1.19 bits per heavy atom. The molecule has 21 heavy (non-hydrogen) atoms. The number of carbonyl (C=O) groups excluding carboxylic acids is 1. The van der Waals surface area contributed by atoms with Crippen LogP contribution in [0.15, 0.2) is 12.1 Å². The van der Waals surface area contributed by atoms with Crippen LogP contribution in [-0.2, 0) is 0 Å². The third-order valence-electron chi connectivity index (χ3n) is 3.89. The maximum absolute atomic E-state index is 13.7. The summed E-state index contributed by atoms with van der Waals surface area (Å²) in [4.78, 5) is 13.6. The Hall–Kier alpha value is -1.73. The molecule has 1 aliphatic rings. The number of aliphatic hydroxyl groups excluding tert-OH is 2. The lowest BCUT2D eigenvalue weighted by Gasteiger charge is -2.17. The van der Waals surface area contributed by atoms with Gasteiger partial charge in [-0.2, -0.15) is 4.39 Å². The number of hydrogen-bond donors (Lipinski definition) is 3. The average Bonchev–Trinajstić information content (AvgIpc) is 2.88. The maximum atomic E-state index is 13.7. The van der Waals surface area contributed by atoms with Crippen LogP contribution < -0.4 is 0 Å². The number of likely N-dealkylation sites (tertiary alicyclic amines) is 1. The van der Waals surface area contributed by atoms with E-state index in [1.165, 1.54) is 4.90 Å². The maximum Gasteiger partial charge on any atom is 0.256 e. The number of phenolic OH excluding ortho intramolecular Hbond substituents is 1. The first-order valence-corrected chi connectivity index (χ1v) is 6.67. The molecule has 1 aromatic rings. The van der Waals surface area contributed by atoms with Gasteiger partial charge >= 0.3 is 0 Å². The third kappa shape index (κ3) is 2.98. The molecular formula is C14H17F2NO4. The van der Waals surface area contributed by atoms with Gasteiger partial charge in [0.15, 0.2) is 11.6 Å². The van der Waals surface area contributed by atoms with Crippen molar-refractivity contribution in [3.63, 3.8) is 0 Å². The van der Waals surface area contributed by atoms with Gasteiger partial charge in [0.05, 0.1) is 5.56 Å². The van der Waals surface area contributed by atoms with E-state index < -0.39 is 28.9 Å². The van der Waals surface area contributed by atoms with Crippen LogP contribution in [0.5, 0.6) is 5.75 Å². The summed E-state index contributed by atoms with van der Waals surface area (Å²) in [5.74, 6) is -4.64. The molecule has 7 heteroatoms. The molecule has 1 aliphatic heterocycles. The lowest BCUT2D eigenvalue weighted by Crippen LogP contribution is -2.30. The largest absolute Gasteiger partial charge is 0.505 e. The second kappa shape index (κ2) is 6.36. The van der Waals surface area contributed by atoms with Crippen molar-refractivity contribution in [2.24, 2.45) is 11.8 Å². The van der Waals surface area contributed by atoms with Crippen LogP contribution in [0, 0.1) is 23.5 Å². The number of aromatic hydroxyl groups is 1. The van der Waals surface area contributed by atoms with Gasteiger partial charge in [0.2, 0.25) is 5.82 Å². The van der Waals surface area contributed by atoms with Gasteiger partial charge in [-0.25, -0.2) is 4.39 Å². The molecule has 1 saturated heterocycles. The fourth-order valence-electron chi connectivity index (χ4n) is 2.68. The molecule has 3 N–H and O–H groups in total. The molecule has 0 aliphatic carbocycles. The lowest BCUT2D eigenvalue weighted by atomic mass is 9.94. The number of amides is 1. The van der Waals surface area contributed by atoms with Gasteiger partial charge in [-0.3, -0.25) is 4.79 Å². The van der Waals surface area contributed by atoms with Gasteiger partial charge < -0.3 is 20.2 Å². The Morgan fingerprint density at radius 3 is 2.48 bits per heavy atom. The Bertz CT molecular complexity index is 538. The number of rotatable bonds is 4. The molecule has 2 atom stereocenters. The number of aliphatic hydroxyl groups is 2. The van der Waals surface area contributed by atoms with E-state index in [4.69, 9.17) is 10.2 Å². The molecule has 116 valence electrons. The predicted molar refractivity (Wildman–Crippen MR) is 69.7 cm³/mol. The molecule has 0 spiro atoms. The molecule has 0 aromatic heterocycles. The number of phenols is 1. The summed E-state index contributed by atoms with van der Waals surface area (Å²) in [6, 6.07) is 1.96. The molecule has 1 amide bonds. The average molecular weight is 301 g/mol. The number of halogens is 2. The van der Waals surface area contributed by atoms with Crippen LogP contribution in [-0.4, -0.2) is 52.4 Å². The number of nitrogens with zero attached hydrogens (tertiary/aromatic N) is 1. The fraction of sp³-hybridized carbons (Fsp3) is 0.500. The zero-order chi connectivity index (χ0) is 15.6. The summed E-state index contributed by atoms with van der Waals surface area (Å²) in [5.41, 5.74) is -0.452. The van der Waals surface area contributed by atoms with Crippen molar-refractivity contribution in [3.8, 4) is 5.75 Å². The summed E-state index contributed by atoms with van der Waals surface area (Å²) in [7, 11) is 0. The summed E-state index contributed by atoms with van der Waals surface area (Å²) < 4.78 is 27.0. The van der Waals surface area contributed by atoms with Crippen molar-refractivity contribution in [2.75, 3.05) is 26.3 Å². The predicted octanol–water partition coefficient (Wildman–Crippen LogP) is 0.733. The Kier molecular flexibility index (Phi) is 4.74. The van der Waals surface area contributed by atoms with E-state index in [1.54, 1.807) is 0 Å². The van der Waals surface area contributed by atoms with Crippen LogP contribution in [0.1, 0.15) is 16.8 Å². The van der Waals surface area contributed by atoms with Gasteiger partial charge in [-0.05, 0) is 24.5 Å². The van der Waals surface area contributed by atoms with Gasteiger partial charge in [0.25, 0.3) is 5.91 Å². The summed E-state index contributed by atoms with van der Waals surface area (Å²) >= 11 is 0. The molecule has 2 unspecified atom stereocenters. The molecule has 1 fully saturated rings. The zero-order valence-corrected chi connectivity index (χ0v) is 11.3. The first-order chi connectivity index (χ1) is 9.99. The molecule has 1 aromatic carbocycles. The summed E-state index contributed by atoms with van der Waals surface area (Å²) in [5, 5.41) is 27.3. The molecule has 0 saturated carbocycles. The minimum Gasteiger partial charge on any atom is -0.505 e. The van der Waals surface area contributed by atoms with E-state index in [0.29, 0.717) is 6.42 Å². The number of hydrogen-bond acceptors (Lipinski definition) is 4. The second-order valence-electron chi connectivity index (χ2n) is 5.19. The van der Waals surface area contributed by atoms with Crippen LogP contribution >= 0.6 is 0 Å². The van der Waals surface area contributed by atoms with Crippen LogP contribution in [0.2, 0.25) is 0 Å². The van der Waals surface area contributed by atoms with E-state index in [0.717, 1.165) is 12.1 Å². The van der Waals surface area contributed by atoms with Crippen molar-refractivity contribution in [1.29, 1.82) is 0 Å². The van der Waals surface area contributed by atoms with Crippen molar-refractivity contribution < 1.29 is 28.9 Å². The highest BCUT2D eigenvalue weighted by Gasteiger charge is 2.35. The van der Waals surface area contributed by atoms with Crippen molar-refractivity contribution in [3.05, 3.63) is 29.3 Å². The first kappa shape index (κ1) is 15.7. The zero-order valence-electron chi connectivity index (χ0n) is 11.3. The standard InChI is InChI=1S/C14H17F2NO4/c15-12-10(1-2-11(20)13(12)16)14(21)17-5-8(3-4-18)9(6-17)7-19/h1-2,8-9,18-20H,3-7H2. The monoisotopic (exact) mass is 301 g/mol. The fourth-order valence-corrected chi connectivity index (χ4v) is 2.68. The van der Waals surface area contributed by atoms with E-state index in [1.807, 2.05) is 0 Å². The molecular weight excluding hydrogens is 284 g/mol. The van der Waals surface area contributed by atoms with E-state index in [9.17, 15) is 18.7 Å². The molecule has 1 heterocycles. The van der Waals surface area contributed by atoms with Crippen molar-refractivity contribution in [2.45, 2.75) is 6.42 Å². The Morgan fingerprint density at radius 2 is 1.86 bits per heavy atom. The van der Waals surface area contributed by atoms with Gasteiger partial charge in [-0.1, -0.05) is 0 Å². The van der Waals surface area contributed by atoms with E-state index in [-0.39, 0.29) is 38.1 Å². The summed E-state index contributed by atoms with van der Waals surface area (Å²) in [6.45, 7) is 0.292. The van der Waals surface area contributed by atoms with Gasteiger partial charge in [0.1, 0.15) is 0 Å². The van der Waals surface area contributed by atoms with E-state index >= 15 is 0 Å². The van der Waals surface area contributed by atoms with Crippen molar-refractivity contribution >= 4 is 5.91 Å². The minimum atomic E-state index is -1.45. The first-order valence-electron chi connectivity index (χ1n) is 6.67. The Labute approximate surface area is 120 Å². The Balaban J connectivity index is 2.20. The normalized spacial score (nSPS) is 21.8. The molecule has 0 radical (unpaired) electrons. The number of benzene rings is 1. The minimum absolute atomic E-state index is 0.0641. The van der Waals surface area contributed by atoms with Gasteiger partial charge in [-0.15, -0.1) is 0 Å². The highest BCUT2D eigenvalue weighted by atomic mass is 19.2. The number of carbonyl (C=O) groups is 1. The molecule has 5 nitrogen and oxygen atoms in total. The van der Waals surface area contributed by atoms with Crippen molar-refractivity contribution in [1.82, 2.24) is 4.90 Å². The topological polar surface area (TPSA) is 81.0 Å². The third-order valence-corrected chi connectivity index (χ3v) is 3.89. The smallest absolute Gasteiger partial charge is 0.256 e. The van der Waals surface area contributed by atoms with Crippen LogP contribution in [0.4, 0.5) is 8.78 Å².